The van der Waals surface area contributed by atoms with Crippen molar-refractivity contribution in [2.24, 2.45) is 0 Å². The molecule has 1 unspecified atom stereocenters. The number of carbonyl (C=O) groups is 1. The van der Waals surface area contributed by atoms with Gasteiger partial charge in [-0.3, -0.25) is 0 Å². The minimum Gasteiger partial charge on any atom is -0.497 e. The molecule has 0 aliphatic heterocycles. The van der Waals surface area contributed by atoms with E-state index in [9.17, 15) is 9.18 Å². The highest BCUT2D eigenvalue weighted by Crippen LogP contribution is 2.25. The number of benzene rings is 2. The van der Waals surface area contributed by atoms with Crippen molar-refractivity contribution in [3.05, 3.63) is 64.8 Å². The summed E-state index contributed by atoms with van der Waals surface area (Å²) in [5.41, 5.74) is 0.461. The second-order valence-electron chi connectivity index (χ2n) is 5.35. The monoisotopic (exact) mass is 376 g/mol. The Morgan fingerprint density at radius 3 is 2.58 bits per heavy atom. The van der Waals surface area contributed by atoms with Gasteiger partial charge in [-0.2, -0.15) is 0 Å². The Kier molecular flexibility index (Phi) is 5.18. The first-order chi connectivity index (χ1) is 12.5. The highest BCUT2D eigenvalue weighted by atomic mass is 35.5. The fourth-order valence-corrected chi connectivity index (χ4v) is 2.34. The lowest BCUT2D eigenvalue weighted by atomic mass is 10.2. The molecule has 0 radical (unpaired) electrons. The van der Waals surface area contributed by atoms with Crippen LogP contribution in [0, 0.1) is 5.82 Å². The molecule has 0 amide bonds. The third kappa shape index (κ3) is 3.83. The zero-order valence-electron chi connectivity index (χ0n) is 13.9. The maximum atomic E-state index is 13.8. The largest absolute Gasteiger partial charge is 0.497 e. The molecule has 0 aliphatic carbocycles. The normalized spacial score (nSPS) is 11.8. The first kappa shape index (κ1) is 17.9. The number of hydrogen-bond acceptors (Lipinski definition) is 6. The second-order valence-corrected chi connectivity index (χ2v) is 5.78. The Labute approximate surface area is 153 Å². The molecule has 0 saturated heterocycles. The van der Waals surface area contributed by atoms with Crippen molar-refractivity contribution < 1.29 is 23.1 Å². The number of methoxy groups -OCH3 is 1. The van der Waals surface area contributed by atoms with Crippen LogP contribution in [0.25, 0.3) is 11.5 Å². The lowest BCUT2D eigenvalue weighted by molar-refractivity contribution is 0.0274. The van der Waals surface area contributed by atoms with E-state index in [0.29, 0.717) is 11.3 Å². The van der Waals surface area contributed by atoms with Crippen LogP contribution in [0.3, 0.4) is 0 Å². The van der Waals surface area contributed by atoms with Gasteiger partial charge in [-0.05, 0) is 49.4 Å². The van der Waals surface area contributed by atoms with E-state index in [2.05, 4.69) is 10.2 Å². The molecule has 2 aromatic carbocycles. The summed E-state index contributed by atoms with van der Waals surface area (Å²) in [5, 5.41) is 8.00. The van der Waals surface area contributed by atoms with Crippen molar-refractivity contribution in [1.82, 2.24) is 10.2 Å². The second kappa shape index (κ2) is 7.53. The maximum absolute atomic E-state index is 13.8. The average Bonchev–Trinajstić information content (AvgIpc) is 3.12. The number of aromatic nitrogens is 2. The van der Waals surface area contributed by atoms with Gasteiger partial charge in [0, 0.05) is 10.6 Å². The zero-order valence-corrected chi connectivity index (χ0v) is 14.7. The Morgan fingerprint density at radius 1 is 1.19 bits per heavy atom. The molecule has 1 heterocycles. The molecule has 8 heteroatoms. The van der Waals surface area contributed by atoms with Crippen LogP contribution in [0.2, 0.25) is 5.02 Å². The summed E-state index contributed by atoms with van der Waals surface area (Å²) in [6.07, 6.45) is -0.850. The zero-order chi connectivity index (χ0) is 18.7. The highest BCUT2D eigenvalue weighted by Gasteiger charge is 2.22. The van der Waals surface area contributed by atoms with Gasteiger partial charge in [-0.25, -0.2) is 9.18 Å². The third-order valence-corrected chi connectivity index (χ3v) is 3.80. The van der Waals surface area contributed by atoms with E-state index in [0.717, 1.165) is 6.07 Å². The van der Waals surface area contributed by atoms with Crippen molar-refractivity contribution in [3.8, 4) is 17.2 Å². The number of esters is 1. The maximum Gasteiger partial charge on any atom is 0.341 e. The average molecular weight is 377 g/mol. The van der Waals surface area contributed by atoms with Crippen molar-refractivity contribution in [2.75, 3.05) is 7.11 Å². The van der Waals surface area contributed by atoms with Crippen LogP contribution in [-0.2, 0) is 4.74 Å². The molecule has 0 N–H and O–H groups in total. The van der Waals surface area contributed by atoms with E-state index in [1.807, 2.05) is 0 Å². The number of rotatable bonds is 5. The minimum atomic E-state index is -0.851. The van der Waals surface area contributed by atoms with Gasteiger partial charge in [0.25, 0.3) is 5.89 Å². The van der Waals surface area contributed by atoms with Gasteiger partial charge in [-0.1, -0.05) is 11.6 Å². The first-order valence-electron chi connectivity index (χ1n) is 7.62. The highest BCUT2D eigenvalue weighted by molar-refractivity contribution is 6.30. The molecule has 0 saturated carbocycles. The van der Waals surface area contributed by atoms with Crippen LogP contribution in [0.1, 0.15) is 29.3 Å². The van der Waals surface area contributed by atoms with Gasteiger partial charge in [0.1, 0.15) is 11.6 Å². The molecule has 134 valence electrons. The van der Waals surface area contributed by atoms with Gasteiger partial charge in [0.05, 0.1) is 12.7 Å². The number of halogens is 2. The molecule has 1 aromatic heterocycles. The summed E-state index contributed by atoms with van der Waals surface area (Å²) < 4.78 is 29.6. The number of ether oxygens (including phenoxy) is 2. The van der Waals surface area contributed by atoms with Crippen LogP contribution in [-0.4, -0.2) is 23.3 Å². The Bertz CT molecular complexity index is 927. The van der Waals surface area contributed by atoms with Crippen LogP contribution in [0.15, 0.2) is 46.9 Å². The summed E-state index contributed by atoms with van der Waals surface area (Å²) in [4.78, 5) is 12.1. The quantitative estimate of drug-likeness (QED) is 0.612. The fraction of sp³-hybridized carbons (Fsp3) is 0.167. The lowest BCUT2D eigenvalue weighted by Gasteiger charge is -2.10. The van der Waals surface area contributed by atoms with Crippen molar-refractivity contribution in [3.63, 3.8) is 0 Å². The van der Waals surface area contributed by atoms with Gasteiger partial charge < -0.3 is 13.9 Å². The van der Waals surface area contributed by atoms with Gasteiger partial charge in [-0.15, -0.1) is 10.2 Å². The molecule has 3 aromatic rings. The smallest absolute Gasteiger partial charge is 0.341 e. The molecule has 3 rings (SSSR count). The van der Waals surface area contributed by atoms with E-state index in [-0.39, 0.29) is 22.4 Å². The Morgan fingerprint density at radius 2 is 1.92 bits per heavy atom. The van der Waals surface area contributed by atoms with E-state index < -0.39 is 17.9 Å². The Hall–Kier alpha value is -2.93. The van der Waals surface area contributed by atoms with Gasteiger partial charge in [0.15, 0.2) is 6.10 Å². The third-order valence-electron chi connectivity index (χ3n) is 3.56. The molecule has 26 heavy (non-hydrogen) atoms. The van der Waals surface area contributed by atoms with Crippen LogP contribution >= 0.6 is 11.6 Å². The lowest BCUT2D eigenvalue weighted by Crippen LogP contribution is -2.11. The SMILES string of the molecule is COc1ccc(-c2nnc(C(C)OC(=O)c3ccc(Cl)cc3F)o2)cc1. The topological polar surface area (TPSA) is 74.5 Å². The van der Waals surface area contributed by atoms with Crippen molar-refractivity contribution in [2.45, 2.75) is 13.0 Å². The molecule has 0 aliphatic rings. The van der Waals surface area contributed by atoms with E-state index >= 15 is 0 Å². The number of nitrogens with zero attached hydrogens (tertiary/aromatic N) is 2. The van der Waals surface area contributed by atoms with E-state index in [1.165, 1.54) is 12.1 Å². The van der Waals surface area contributed by atoms with Crippen LogP contribution in [0.4, 0.5) is 4.39 Å². The standard InChI is InChI=1S/C18H14ClFN2O4/c1-10(25-18(23)14-8-5-12(19)9-15(14)20)16-21-22-17(26-16)11-3-6-13(24-2)7-4-11/h3-10H,1-2H3. The number of carbonyl (C=O) groups excluding carboxylic acids is 1. The van der Waals surface area contributed by atoms with Crippen molar-refractivity contribution in [1.29, 1.82) is 0 Å². The fourth-order valence-electron chi connectivity index (χ4n) is 2.18. The summed E-state index contributed by atoms with van der Waals surface area (Å²) in [7, 11) is 1.57. The minimum absolute atomic E-state index is 0.0959. The molecular weight excluding hydrogens is 363 g/mol. The predicted molar refractivity (Wildman–Crippen MR) is 91.5 cm³/mol. The van der Waals surface area contributed by atoms with Gasteiger partial charge in [0.2, 0.25) is 5.89 Å². The van der Waals surface area contributed by atoms with E-state index in [4.69, 9.17) is 25.5 Å². The molecule has 0 fully saturated rings. The summed E-state index contributed by atoms with van der Waals surface area (Å²) in [6.45, 7) is 1.55. The molecule has 6 nitrogen and oxygen atoms in total. The molecule has 0 spiro atoms. The van der Waals surface area contributed by atoms with Crippen LogP contribution in [0.5, 0.6) is 5.75 Å². The van der Waals surface area contributed by atoms with Crippen LogP contribution < -0.4 is 4.74 Å². The van der Waals surface area contributed by atoms with E-state index in [1.54, 1.807) is 38.3 Å². The summed E-state index contributed by atoms with van der Waals surface area (Å²) in [5.74, 6) is -0.558. The predicted octanol–water partition coefficient (Wildman–Crippen LogP) is 4.46. The summed E-state index contributed by atoms with van der Waals surface area (Å²) >= 11 is 5.67. The molecule has 0 bridgehead atoms. The number of hydrogen-bond donors (Lipinski definition) is 0. The first-order valence-corrected chi connectivity index (χ1v) is 7.99. The Balaban J connectivity index is 1.73. The van der Waals surface area contributed by atoms with Gasteiger partial charge >= 0.3 is 5.97 Å². The molecule has 1 atom stereocenters. The summed E-state index contributed by atoms with van der Waals surface area (Å²) in [6, 6.07) is 10.7. The molecular formula is C18H14ClFN2O4. The van der Waals surface area contributed by atoms with Crippen molar-refractivity contribution >= 4 is 17.6 Å².